The zero-order valence-corrected chi connectivity index (χ0v) is 10.8. The Morgan fingerprint density at radius 3 is 2.82 bits per heavy atom. The van der Waals surface area contributed by atoms with Crippen molar-refractivity contribution >= 4 is 21.4 Å². The van der Waals surface area contributed by atoms with E-state index in [1.165, 1.54) is 5.56 Å². The van der Waals surface area contributed by atoms with Crippen LogP contribution < -0.4 is 0 Å². The summed E-state index contributed by atoms with van der Waals surface area (Å²) < 4.78 is 2.91. The lowest BCUT2D eigenvalue weighted by molar-refractivity contribution is 1.12. The molecule has 0 saturated carbocycles. The Morgan fingerprint density at radius 2 is 2.06 bits per heavy atom. The second-order valence-electron chi connectivity index (χ2n) is 3.85. The van der Waals surface area contributed by atoms with Gasteiger partial charge in [-0.1, -0.05) is 12.1 Å². The highest BCUT2D eigenvalue weighted by molar-refractivity contribution is 9.10. The van der Waals surface area contributed by atoms with Gasteiger partial charge in [0.2, 0.25) is 0 Å². The average molecular weight is 288 g/mol. The fourth-order valence-corrected chi connectivity index (χ4v) is 2.60. The Labute approximate surface area is 107 Å². The molecule has 0 aliphatic heterocycles. The number of aryl methyl sites for hydroxylation is 1. The fraction of sp³-hybridized carbons (Fsp3) is 0.0769. The molecule has 3 aromatic rings. The number of halogens is 1. The van der Waals surface area contributed by atoms with Crippen LogP contribution in [0.3, 0.4) is 0 Å². The van der Waals surface area contributed by atoms with Crippen molar-refractivity contribution in [2.75, 3.05) is 0 Å². The van der Waals surface area contributed by atoms with Gasteiger partial charge in [0.1, 0.15) is 10.3 Å². The Balaban J connectivity index is 2.36. The van der Waals surface area contributed by atoms with E-state index in [0.717, 1.165) is 21.6 Å². The molecule has 3 aromatic heterocycles. The molecule has 84 valence electrons. The van der Waals surface area contributed by atoms with Crippen LogP contribution in [0, 0.1) is 6.92 Å². The second kappa shape index (κ2) is 3.96. The lowest BCUT2D eigenvalue weighted by atomic mass is 10.2. The van der Waals surface area contributed by atoms with Gasteiger partial charge in [0.15, 0.2) is 5.82 Å². The predicted octanol–water partition coefficient (Wildman–Crippen LogP) is 3.47. The van der Waals surface area contributed by atoms with Gasteiger partial charge in [-0.3, -0.25) is 9.38 Å². The van der Waals surface area contributed by atoms with Crippen LogP contribution in [-0.4, -0.2) is 14.4 Å². The van der Waals surface area contributed by atoms with Gasteiger partial charge in [0.25, 0.3) is 0 Å². The van der Waals surface area contributed by atoms with Crippen LogP contribution in [0.25, 0.3) is 17.0 Å². The monoisotopic (exact) mass is 287 g/mol. The minimum Gasteiger partial charge on any atom is -0.297 e. The number of imidazole rings is 1. The van der Waals surface area contributed by atoms with Crippen molar-refractivity contribution in [3.8, 4) is 11.5 Å². The van der Waals surface area contributed by atoms with E-state index in [2.05, 4.69) is 43.3 Å². The van der Waals surface area contributed by atoms with Gasteiger partial charge in [-0.25, -0.2) is 4.98 Å². The fourth-order valence-electron chi connectivity index (χ4n) is 1.93. The van der Waals surface area contributed by atoms with Crippen LogP contribution in [0.4, 0.5) is 0 Å². The number of hydrogen-bond donors (Lipinski definition) is 0. The van der Waals surface area contributed by atoms with E-state index in [0.29, 0.717) is 0 Å². The molecule has 0 radical (unpaired) electrons. The molecule has 17 heavy (non-hydrogen) atoms. The molecule has 0 aromatic carbocycles. The summed E-state index contributed by atoms with van der Waals surface area (Å²) in [6.45, 7) is 2.07. The lowest BCUT2D eigenvalue weighted by Gasteiger charge is -2.01. The maximum Gasteiger partial charge on any atom is 0.164 e. The topological polar surface area (TPSA) is 30.2 Å². The van der Waals surface area contributed by atoms with Crippen LogP contribution in [0.5, 0.6) is 0 Å². The summed E-state index contributed by atoms with van der Waals surface area (Å²) in [5.74, 6) is 0.858. The van der Waals surface area contributed by atoms with E-state index in [-0.39, 0.29) is 0 Å². The molecule has 4 heteroatoms. The maximum absolute atomic E-state index is 4.54. The molecule has 0 aliphatic carbocycles. The highest BCUT2D eigenvalue weighted by Crippen LogP contribution is 2.26. The van der Waals surface area contributed by atoms with Crippen LogP contribution in [0.2, 0.25) is 0 Å². The third-order valence-corrected chi connectivity index (χ3v) is 3.27. The van der Waals surface area contributed by atoms with Crippen LogP contribution in [-0.2, 0) is 0 Å². The third-order valence-electron chi connectivity index (χ3n) is 2.72. The van der Waals surface area contributed by atoms with Crippen LogP contribution in [0.1, 0.15) is 5.56 Å². The Morgan fingerprint density at radius 1 is 1.18 bits per heavy atom. The van der Waals surface area contributed by atoms with Gasteiger partial charge < -0.3 is 0 Å². The SMILES string of the molecule is Cc1cccn2c(-c3ccccn3)nc(Br)c12. The molecule has 3 nitrogen and oxygen atoms in total. The Kier molecular flexibility index (Phi) is 2.44. The lowest BCUT2D eigenvalue weighted by Crippen LogP contribution is -1.91. The zero-order chi connectivity index (χ0) is 11.8. The highest BCUT2D eigenvalue weighted by atomic mass is 79.9. The van der Waals surface area contributed by atoms with Crippen LogP contribution in [0.15, 0.2) is 47.3 Å². The van der Waals surface area contributed by atoms with E-state index >= 15 is 0 Å². The summed E-state index contributed by atoms with van der Waals surface area (Å²) in [5.41, 5.74) is 3.15. The first-order chi connectivity index (χ1) is 8.27. The van der Waals surface area contributed by atoms with Crippen molar-refractivity contribution in [1.82, 2.24) is 14.4 Å². The van der Waals surface area contributed by atoms with Gasteiger partial charge in [0.05, 0.1) is 5.52 Å². The molecule has 0 N–H and O–H groups in total. The molecule has 0 atom stereocenters. The average Bonchev–Trinajstić information content (AvgIpc) is 2.69. The predicted molar refractivity (Wildman–Crippen MR) is 70.9 cm³/mol. The van der Waals surface area contributed by atoms with Crippen molar-refractivity contribution in [1.29, 1.82) is 0 Å². The summed E-state index contributed by atoms with van der Waals surface area (Å²) >= 11 is 3.51. The molecule has 0 saturated heterocycles. The summed E-state index contributed by atoms with van der Waals surface area (Å²) in [5, 5.41) is 0. The van der Waals surface area contributed by atoms with Gasteiger partial charge >= 0.3 is 0 Å². The standard InChI is InChI=1S/C13H10BrN3/c1-9-5-4-8-17-11(9)12(14)16-13(17)10-6-2-3-7-15-10/h2-8H,1H3. The highest BCUT2D eigenvalue weighted by Gasteiger charge is 2.12. The number of fused-ring (bicyclic) bond motifs is 1. The van der Waals surface area contributed by atoms with Gasteiger partial charge in [-0.15, -0.1) is 0 Å². The summed E-state index contributed by atoms with van der Waals surface area (Å²) in [6.07, 6.45) is 3.78. The number of hydrogen-bond acceptors (Lipinski definition) is 2. The molecule has 0 fully saturated rings. The second-order valence-corrected chi connectivity index (χ2v) is 4.60. The summed E-state index contributed by atoms with van der Waals surface area (Å²) in [7, 11) is 0. The number of pyridine rings is 2. The molecule has 3 rings (SSSR count). The first-order valence-corrected chi connectivity index (χ1v) is 6.11. The summed E-state index contributed by atoms with van der Waals surface area (Å²) in [4.78, 5) is 8.88. The molecular formula is C13H10BrN3. The van der Waals surface area contributed by atoms with Gasteiger partial charge in [-0.2, -0.15) is 0 Å². The quantitative estimate of drug-likeness (QED) is 0.686. The molecule has 0 spiro atoms. The molecule has 0 bridgehead atoms. The van der Waals surface area contributed by atoms with E-state index in [4.69, 9.17) is 0 Å². The van der Waals surface area contributed by atoms with Crippen molar-refractivity contribution in [3.63, 3.8) is 0 Å². The number of aromatic nitrogens is 3. The Bertz CT molecular complexity index is 674. The smallest absolute Gasteiger partial charge is 0.164 e. The first kappa shape index (κ1) is 10.5. The van der Waals surface area contributed by atoms with E-state index in [1.54, 1.807) is 6.20 Å². The van der Waals surface area contributed by atoms with Crippen molar-refractivity contribution in [3.05, 3.63) is 52.9 Å². The van der Waals surface area contributed by atoms with Crippen molar-refractivity contribution < 1.29 is 0 Å². The molecule has 3 heterocycles. The van der Waals surface area contributed by atoms with Crippen molar-refractivity contribution in [2.45, 2.75) is 6.92 Å². The number of nitrogens with zero attached hydrogens (tertiary/aromatic N) is 3. The molecule has 0 unspecified atom stereocenters. The van der Waals surface area contributed by atoms with E-state index < -0.39 is 0 Å². The molecule has 0 aliphatic rings. The van der Waals surface area contributed by atoms with Crippen LogP contribution >= 0.6 is 15.9 Å². The minimum absolute atomic E-state index is 0.858. The summed E-state index contributed by atoms with van der Waals surface area (Å²) in [6, 6.07) is 9.92. The van der Waals surface area contributed by atoms with Crippen molar-refractivity contribution in [2.24, 2.45) is 0 Å². The van der Waals surface area contributed by atoms with E-state index in [9.17, 15) is 0 Å². The maximum atomic E-state index is 4.54. The zero-order valence-electron chi connectivity index (χ0n) is 9.26. The largest absolute Gasteiger partial charge is 0.297 e. The van der Waals surface area contributed by atoms with Gasteiger partial charge in [-0.05, 0) is 46.6 Å². The Hall–Kier alpha value is -1.68. The minimum atomic E-state index is 0.858. The van der Waals surface area contributed by atoms with Gasteiger partial charge in [0, 0.05) is 12.4 Å². The van der Waals surface area contributed by atoms with E-state index in [1.807, 2.05) is 30.5 Å². The first-order valence-electron chi connectivity index (χ1n) is 5.32. The molecule has 0 amide bonds. The molecular weight excluding hydrogens is 278 g/mol. The normalized spacial score (nSPS) is 10.9. The third kappa shape index (κ3) is 1.65. The number of rotatable bonds is 1.